The van der Waals surface area contributed by atoms with E-state index in [2.05, 4.69) is 16.6 Å². The normalized spacial score (nSPS) is 13.1. The third-order valence-corrected chi connectivity index (χ3v) is 6.25. The fourth-order valence-electron chi connectivity index (χ4n) is 4.31. The molecule has 1 fully saturated rings. The van der Waals surface area contributed by atoms with Crippen molar-refractivity contribution in [2.45, 2.75) is 46.1 Å². The second kappa shape index (κ2) is 13.5. The van der Waals surface area contributed by atoms with Crippen LogP contribution in [0.5, 0.6) is 5.75 Å². The van der Waals surface area contributed by atoms with Gasteiger partial charge in [-0.3, -0.25) is 4.79 Å². The number of aryl methyl sites for hydroxylation is 1. The van der Waals surface area contributed by atoms with Crippen LogP contribution < -0.4 is 15.7 Å². The molecule has 9 heteroatoms. The van der Waals surface area contributed by atoms with Gasteiger partial charge in [-0.1, -0.05) is 42.0 Å². The summed E-state index contributed by atoms with van der Waals surface area (Å²) in [5, 5.41) is 13.2. The predicted octanol–water partition coefficient (Wildman–Crippen LogP) is 5.13. The molecule has 3 aromatic rings. The topological polar surface area (TPSA) is 109 Å². The van der Waals surface area contributed by atoms with Crippen LogP contribution >= 0.6 is 0 Å². The van der Waals surface area contributed by atoms with Crippen LogP contribution in [0, 0.1) is 18.3 Å². The number of carbonyl (C=O) groups excluding carboxylic acids is 2. The number of ether oxygens (including phenoxy) is 2. The number of nitrogens with zero attached hydrogens (tertiary/aromatic N) is 4. The Morgan fingerprint density at radius 2 is 1.65 bits per heavy atom. The minimum Gasteiger partial charge on any atom is -0.493 e. The molecule has 1 aliphatic heterocycles. The maximum atomic E-state index is 11.4. The van der Waals surface area contributed by atoms with Crippen LogP contribution in [0.3, 0.4) is 0 Å². The van der Waals surface area contributed by atoms with E-state index in [9.17, 15) is 9.59 Å². The van der Waals surface area contributed by atoms with E-state index in [0.717, 1.165) is 53.9 Å². The first kappa shape index (κ1) is 30.0. The van der Waals surface area contributed by atoms with E-state index in [-0.39, 0.29) is 11.7 Å². The number of methoxy groups -OCH3 is 1. The highest BCUT2D eigenvalue weighted by molar-refractivity contribution is 5.82. The Hall–Kier alpha value is -4.58. The van der Waals surface area contributed by atoms with Gasteiger partial charge < -0.3 is 18.9 Å². The summed E-state index contributed by atoms with van der Waals surface area (Å²) in [5.74, 6) is 0.520. The van der Waals surface area contributed by atoms with E-state index >= 15 is 0 Å². The summed E-state index contributed by atoms with van der Waals surface area (Å²) in [7, 11) is 3.43. The lowest BCUT2D eigenvalue weighted by atomic mass is 9.97. The van der Waals surface area contributed by atoms with Crippen LogP contribution in [-0.4, -0.2) is 47.8 Å². The molecule has 0 aliphatic carbocycles. The summed E-state index contributed by atoms with van der Waals surface area (Å²) in [6.45, 7) is 9.42. The molecule has 2 aromatic carbocycles. The van der Waals surface area contributed by atoms with E-state index in [4.69, 9.17) is 14.7 Å². The average molecular weight is 544 g/mol. The lowest BCUT2D eigenvalue weighted by molar-refractivity contribution is -0.109. The number of hydrogen-bond donors (Lipinski definition) is 1. The minimum atomic E-state index is -0.361. The number of nitriles is 1. The molecular weight excluding hydrogens is 506 g/mol. The zero-order valence-corrected chi connectivity index (χ0v) is 24.0. The zero-order chi connectivity index (χ0) is 29.3. The van der Waals surface area contributed by atoms with Crippen LogP contribution in [0.25, 0.3) is 22.4 Å². The third-order valence-electron chi connectivity index (χ3n) is 6.25. The summed E-state index contributed by atoms with van der Waals surface area (Å²) in [5.41, 5.74) is 8.02. The van der Waals surface area contributed by atoms with E-state index < -0.39 is 0 Å². The number of hydrogen-bond acceptors (Lipinski definition) is 6. The fraction of sp³-hybridized carbons (Fsp3) is 0.355. The monoisotopic (exact) mass is 543 g/mol. The molecule has 4 rings (SSSR count). The molecule has 9 nitrogen and oxygen atoms in total. The number of pyridine rings is 1. The molecule has 1 N–H and O–H groups in total. The lowest BCUT2D eigenvalue weighted by Crippen LogP contribution is -2.34. The van der Waals surface area contributed by atoms with Crippen molar-refractivity contribution < 1.29 is 19.1 Å². The van der Waals surface area contributed by atoms with Crippen molar-refractivity contribution in [3.63, 3.8) is 0 Å². The zero-order valence-electron chi connectivity index (χ0n) is 24.0. The molecule has 0 radical (unpaired) electrons. The number of aromatic nitrogens is 1. The Balaban J connectivity index is 0.000000307. The summed E-state index contributed by atoms with van der Waals surface area (Å²) in [6.07, 6.45) is 2.57. The molecule has 2 heterocycles. The summed E-state index contributed by atoms with van der Waals surface area (Å²) in [6, 6.07) is 19.6. The van der Waals surface area contributed by atoms with Crippen molar-refractivity contribution in [1.82, 2.24) is 14.9 Å². The van der Waals surface area contributed by atoms with Gasteiger partial charge in [-0.05, 0) is 69.9 Å². The van der Waals surface area contributed by atoms with Gasteiger partial charge in [0, 0.05) is 25.7 Å². The van der Waals surface area contributed by atoms with E-state index in [1.54, 1.807) is 24.1 Å². The van der Waals surface area contributed by atoms with Crippen LogP contribution in [0.4, 0.5) is 4.79 Å². The van der Waals surface area contributed by atoms with Gasteiger partial charge >= 0.3 is 6.09 Å². The van der Waals surface area contributed by atoms with Crippen molar-refractivity contribution >= 4 is 12.5 Å². The van der Waals surface area contributed by atoms with E-state index in [1.807, 2.05) is 81.8 Å². The maximum absolute atomic E-state index is 11.4. The Bertz CT molecular complexity index is 1420. The standard InChI is InChI=1S/C22H20N4O2.C9H17NO2/c1-15-4-8-18(9-5-15)21-19(17-10-6-16(13-23)7-11-17)12-20(28-3)22(26(21)2)25-24-14-27;1-9(2,3)12-8(11)10-6-4-5-7-10/h4-12,14H,1-3H3,(H,24,27);4-7H2,1-3H3/b25-22-;. The van der Waals surface area contributed by atoms with Crippen molar-refractivity contribution in [2.75, 3.05) is 20.2 Å². The van der Waals surface area contributed by atoms with Crippen LogP contribution in [-0.2, 0) is 16.6 Å². The Morgan fingerprint density at radius 1 is 1.05 bits per heavy atom. The molecule has 0 atom stereocenters. The van der Waals surface area contributed by atoms with Crippen molar-refractivity contribution in [2.24, 2.45) is 12.1 Å². The first-order valence-electron chi connectivity index (χ1n) is 13.1. The third kappa shape index (κ3) is 7.73. The van der Waals surface area contributed by atoms with Crippen molar-refractivity contribution in [3.8, 4) is 34.2 Å². The highest BCUT2D eigenvalue weighted by Crippen LogP contribution is 2.33. The molecule has 1 aliphatic rings. The van der Waals surface area contributed by atoms with Crippen LogP contribution in [0.15, 0.2) is 59.7 Å². The number of carbonyl (C=O) groups is 2. The minimum absolute atomic E-state index is 0.167. The molecule has 1 saturated heterocycles. The molecule has 0 spiro atoms. The number of likely N-dealkylation sites (tertiary alicyclic amines) is 1. The van der Waals surface area contributed by atoms with Crippen LogP contribution in [0.2, 0.25) is 0 Å². The molecular formula is C31H37N5O4. The van der Waals surface area contributed by atoms with Crippen molar-refractivity contribution in [3.05, 3.63) is 71.2 Å². The first-order chi connectivity index (χ1) is 19.1. The van der Waals surface area contributed by atoms with Gasteiger partial charge in [-0.2, -0.15) is 10.4 Å². The van der Waals surface area contributed by atoms with Gasteiger partial charge in [0.2, 0.25) is 6.41 Å². The van der Waals surface area contributed by atoms with E-state index in [1.165, 1.54) is 0 Å². The van der Waals surface area contributed by atoms with Crippen LogP contribution in [0.1, 0.15) is 44.7 Å². The summed E-state index contributed by atoms with van der Waals surface area (Å²) >= 11 is 0. The molecule has 2 amide bonds. The molecule has 210 valence electrons. The van der Waals surface area contributed by atoms with Gasteiger partial charge in [0.05, 0.1) is 24.4 Å². The Kier molecular flexibility index (Phi) is 10.1. The van der Waals surface area contributed by atoms with Gasteiger partial charge in [-0.15, -0.1) is 0 Å². The highest BCUT2D eigenvalue weighted by atomic mass is 16.6. The number of rotatable bonds is 5. The van der Waals surface area contributed by atoms with Gasteiger partial charge in [0.15, 0.2) is 11.2 Å². The molecule has 40 heavy (non-hydrogen) atoms. The predicted molar refractivity (Wildman–Crippen MR) is 154 cm³/mol. The SMILES string of the molecule is CC(C)(C)OC(=O)N1CCCC1.COc1cc(-c2ccc(C#N)cc2)c(-c2ccc(C)cc2)n(C)/c1=N\NC=O. The van der Waals surface area contributed by atoms with E-state index in [0.29, 0.717) is 23.2 Å². The summed E-state index contributed by atoms with van der Waals surface area (Å²) in [4.78, 5) is 23.9. The molecule has 0 saturated carbocycles. The van der Waals surface area contributed by atoms with Gasteiger partial charge in [0.25, 0.3) is 0 Å². The quantitative estimate of drug-likeness (QED) is 0.355. The summed E-state index contributed by atoms with van der Waals surface area (Å²) < 4.78 is 12.6. The second-order valence-corrected chi connectivity index (χ2v) is 10.4. The lowest BCUT2D eigenvalue weighted by Gasteiger charge is -2.23. The highest BCUT2D eigenvalue weighted by Gasteiger charge is 2.24. The van der Waals surface area contributed by atoms with Gasteiger partial charge in [-0.25, -0.2) is 10.2 Å². The maximum Gasteiger partial charge on any atom is 0.410 e. The largest absolute Gasteiger partial charge is 0.493 e. The fourth-order valence-corrected chi connectivity index (χ4v) is 4.31. The molecule has 1 aromatic heterocycles. The second-order valence-electron chi connectivity index (χ2n) is 10.4. The smallest absolute Gasteiger partial charge is 0.410 e. The molecule has 0 unspecified atom stereocenters. The number of nitrogens with one attached hydrogen (secondary N) is 1. The number of benzene rings is 2. The van der Waals surface area contributed by atoms with Gasteiger partial charge in [0.1, 0.15) is 5.60 Å². The first-order valence-corrected chi connectivity index (χ1v) is 13.1. The number of amides is 2. The molecule has 0 bridgehead atoms. The Labute approximate surface area is 235 Å². The van der Waals surface area contributed by atoms with Crippen molar-refractivity contribution in [1.29, 1.82) is 5.26 Å². The Morgan fingerprint density at radius 3 is 2.17 bits per heavy atom. The average Bonchev–Trinajstić information content (AvgIpc) is 3.48.